The van der Waals surface area contributed by atoms with E-state index in [9.17, 15) is 17.6 Å². The van der Waals surface area contributed by atoms with E-state index in [4.69, 9.17) is 4.74 Å². The first kappa shape index (κ1) is 25.6. The molecule has 0 bridgehead atoms. The standard InChI is InChI=1S/C23H24FN5O4S.Na.H/c1-33-20-12-14(8-10-25-20)18-13-19(24)16-6-3-7-17(16)22(18)26-23(30)28-34(31,32)21-9-11-29(27-21)15-4-2-5-15;;/h8-13,15H,2-7H2,1H3,(H2,26,28,30);;. The number of fused-ring (bicyclic) bond motifs is 1. The van der Waals surface area contributed by atoms with E-state index in [1.165, 1.54) is 25.4 Å². The summed E-state index contributed by atoms with van der Waals surface area (Å²) in [5.41, 5.74) is 2.56. The molecule has 35 heavy (non-hydrogen) atoms. The van der Waals surface area contributed by atoms with Crippen LogP contribution in [-0.4, -0.2) is 65.9 Å². The van der Waals surface area contributed by atoms with Crippen LogP contribution in [0.25, 0.3) is 11.1 Å². The maximum atomic E-state index is 14.8. The van der Waals surface area contributed by atoms with Gasteiger partial charge in [-0.3, -0.25) is 4.68 Å². The number of sulfonamides is 1. The molecule has 1 aromatic carbocycles. The van der Waals surface area contributed by atoms with Crippen LogP contribution in [0.2, 0.25) is 0 Å². The second-order valence-corrected chi connectivity index (χ2v) is 10.1. The minimum absolute atomic E-state index is 0. The van der Waals surface area contributed by atoms with Crippen LogP contribution in [-0.2, 0) is 22.9 Å². The van der Waals surface area contributed by atoms with Crippen LogP contribution in [0.5, 0.6) is 5.88 Å². The number of hydrogen-bond donors (Lipinski definition) is 2. The zero-order valence-electron chi connectivity index (χ0n) is 18.5. The number of nitrogens with zero attached hydrogens (tertiary/aromatic N) is 3. The van der Waals surface area contributed by atoms with Gasteiger partial charge in [-0.15, -0.1) is 0 Å². The number of anilines is 1. The topological polar surface area (TPSA) is 115 Å². The molecule has 2 aliphatic rings. The van der Waals surface area contributed by atoms with E-state index in [0.717, 1.165) is 25.7 Å². The third-order valence-corrected chi connectivity index (χ3v) is 7.60. The molecule has 0 aliphatic heterocycles. The molecule has 9 nitrogen and oxygen atoms in total. The van der Waals surface area contributed by atoms with Crippen molar-refractivity contribution in [1.82, 2.24) is 19.5 Å². The maximum absolute atomic E-state index is 14.8. The first-order valence-electron chi connectivity index (χ1n) is 11.1. The zero-order valence-corrected chi connectivity index (χ0v) is 19.4. The van der Waals surface area contributed by atoms with Crippen molar-refractivity contribution in [2.45, 2.75) is 49.6 Å². The number of pyridine rings is 1. The average Bonchev–Trinajstić information content (AvgIpc) is 3.45. The molecule has 2 aromatic heterocycles. The molecule has 2 heterocycles. The number of rotatable bonds is 6. The van der Waals surface area contributed by atoms with Gasteiger partial charge in [-0.25, -0.2) is 18.9 Å². The molecule has 0 saturated heterocycles. The molecule has 1 fully saturated rings. The Hall–Kier alpha value is -2.47. The van der Waals surface area contributed by atoms with Crippen molar-refractivity contribution < 1.29 is 22.3 Å². The van der Waals surface area contributed by atoms with Gasteiger partial charge < -0.3 is 10.1 Å². The monoisotopic (exact) mass is 509 g/mol. The van der Waals surface area contributed by atoms with Gasteiger partial charge in [-0.05, 0) is 73.4 Å². The van der Waals surface area contributed by atoms with Crippen molar-refractivity contribution in [2.75, 3.05) is 12.4 Å². The summed E-state index contributed by atoms with van der Waals surface area (Å²) in [4.78, 5) is 16.9. The quantitative estimate of drug-likeness (QED) is 0.494. The normalized spacial score (nSPS) is 15.0. The Bertz CT molecular complexity index is 1370. The molecular weight excluding hydrogens is 484 g/mol. The van der Waals surface area contributed by atoms with Crippen molar-refractivity contribution in [2.24, 2.45) is 0 Å². The van der Waals surface area contributed by atoms with Crippen LogP contribution < -0.4 is 14.8 Å². The molecule has 0 atom stereocenters. The van der Waals surface area contributed by atoms with Crippen molar-refractivity contribution in [3.63, 3.8) is 0 Å². The molecule has 5 rings (SSSR count). The number of nitrogens with one attached hydrogen (secondary N) is 2. The van der Waals surface area contributed by atoms with Crippen LogP contribution >= 0.6 is 0 Å². The first-order valence-corrected chi connectivity index (χ1v) is 12.6. The molecule has 0 radical (unpaired) electrons. The van der Waals surface area contributed by atoms with Crippen molar-refractivity contribution >= 4 is 51.3 Å². The summed E-state index contributed by atoms with van der Waals surface area (Å²) in [5.74, 6) is -0.0307. The second kappa shape index (κ2) is 10.3. The fourth-order valence-electron chi connectivity index (χ4n) is 4.42. The van der Waals surface area contributed by atoms with Gasteiger partial charge in [-0.1, -0.05) is 0 Å². The first-order chi connectivity index (χ1) is 16.4. The Kier molecular flexibility index (Phi) is 7.51. The summed E-state index contributed by atoms with van der Waals surface area (Å²) in [6.07, 6.45) is 7.97. The summed E-state index contributed by atoms with van der Waals surface area (Å²) in [6, 6.07) is 5.27. The molecule has 12 heteroatoms. The number of urea groups is 1. The fraction of sp³-hybridized carbons (Fsp3) is 0.348. The number of methoxy groups -OCH3 is 1. The molecule has 2 aliphatic carbocycles. The van der Waals surface area contributed by atoms with Gasteiger partial charge in [0.2, 0.25) is 5.88 Å². The van der Waals surface area contributed by atoms with E-state index in [0.29, 0.717) is 46.7 Å². The SMILES string of the molecule is COc1cc(-c2cc(F)c3c(c2NC(=O)NS(=O)(=O)c2ccn(C4CCC4)n2)CCC3)ccn1.[NaH]. The third kappa shape index (κ3) is 5.09. The molecule has 3 aromatic rings. The van der Waals surface area contributed by atoms with Gasteiger partial charge in [0.1, 0.15) is 5.82 Å². The molecular formula is C23H25FN5NaO4S. The van der Waals surface area contributed by atoms with Crippen molar-refractivity contribution in [3.8, 4) is 17.0 Å². The number of aromatic nitrogens is 3. The van der Waals surface area contributed by atoms with Gasteiger partial charge in [-0.2, -0.15) is 13.5 Å². The minimum atomic E-state index is -4.18. The Balaban J connectivity index is 0.00000289. The van der Waals surface area contributed by atoms with E-state index in [2.05, 4.69) is 15.4 Å². The predicted molar refractivity (Wildman–Crippen MR) is 130 cm³/mol. The Morgan fingerprint density at radius 2 is 1.94 bits per heavy atom. The summed E-state index contributed by atoms with van der Waals surface area (Å²) >= 11 is 0. The molecule has 180 valence electrons. The van der Waals surface area contributed by atoms with Gasteiger partial charge in [0.05, 0.1) is 18.8 Å². The van der Waals surface area contributed by atoms with Crippen LogP contribution in [0.15, 0.2) is 41.7 Å². The third-order valence-electron chi connectivity index (χ3n) is 6.38. The van der Waals surface area contributed by atoms with Crippen LogP contribution in [0.4, 0.5) is 14.9 Å². The number of carbonyl (C=O) groups excluding carboxylic acids is 1. The van der Waals surface area contributed by atoms with E-state index >= 15 is 0 Å². The summed E-state index contributed by atoms with van der Waals surface area (Å²) in [5, 5.41) is 6.57. The Morgan fingerprint density at radius 3 is 2.66 bits per heavy atom. The Morgan fingerprint density at radius 1 is 1.17 bits per heavy atom. The molecule has 2 amide bonds. The molecule has 0 spiro atoms. The summed E-state index contributed by atoms with van der Waals surface area (Å²) in [7, 11) is -2.71. The van der Waals surface area contributed by atoms with Gasteiger partial charge >= 0.3 is 35.6 Å². The van der Waals surface area contributed by atoms with E-state index in [1.54, 1.807) is 23.0 Å². The van der Waals surface area contributed by atoms with Gasteiger partial charge in [0, 0.05) is 24.0 Å². The molecule has 0 unspecified atom stereocenters. The summed E-state index contributed by atoms with van der Waals surface area (Å²) < 4.78 is 49.2. The summed E-state index contributed by atoms with van der Waals surface area (Å²) in [6.45, 7) is 0. The Labute approximate surface area is 224 Å². The van der Waals surface area contributed by atoms with Crippen molar-refractivity contribution in [1.29, 1.82) is 0 Å². The van der Waals surface area contributed by atoms with Gasteiger partial charge in [0.25, 0.3) is 10.0 Å². The molecule has 1 saturated carbocycles. The number of amides is 2. The van der Waals surface area contributed by atoms with E-state index in [-0.39, 0.29) is 46.4 Å². The average molecular weight is 510 g/mol. The fourth-order valence-corrected chi connectivity index (χ4v) is 5.26. The zero-order chi connectivity index (χ0) is 23.9. The number of ether oxygens (including phenoxy) is 1. The van der Waals surface area contributed by atoms with E-state index < -0.39 is 16.1 Å². The van der Waals surface area contributed by atoms with Crippen LogP contribution in [0, 0.1) is 5.82 Å². The number of halogens is 1. The van der Waals surface area contributed by atoms with Crippen LogP contribution in [0.1, 0.15) is 42.9 Å². The number of carbonyl (C=O) groups is 1. The van der Waals surface area contributed by atoms with Crippen molar-refractivity contribution in [3.05, 3.63) is 53.6 Å². The second-order valence-electron chi connectivity index (χ2n) is 8.46. The molecule has 2 N–H and O–H groups in total. The van der Waals surface area contributed by atoms with E-state index in [1.807, 2.05) is 4.72 Å². The number of benzene rings is 1. The van der Waals surface area contributed by atoms with Crippen LogP contribution in [0.3, 0.4) is 0 Å². The number of hydrogen-bond acceptors (Lipinski definition) is 6. The van der Waals surface area contributed by atoms with Gasteiger partial charge in [0.15, 0.2) is 5.03 Å². The predicted octanol–water partition coefficient (Wildman–Crippen LogP) is 3.17.